The van der Waals surface area contributed by atoms with Gasteiger partial charge in [0.1, 0.15) is 5.54 Å². The molecule has 0 radical (unpaired) electrons. The molecule has 0 saturated heterocycles. The molecule has 0 bridgehead atoms. The highest BCUT2D eigenvalue weighted by Gasteiger charge is 2.52. The first-order valence-electron chi connectivity index (χ1n) is 7.80. The predicted molar refractivity (Wildman–Crippen MR) is 99.3 cm³/mol. The van der Waals surface area contributed by atoms with E-state index < -0.39 is 5.54 Å². The SMILES string of the molecule is C=CC[C@@]1(Cc2ccccc2Br)C(=O)c2ccccc2N1C(C)=O. The molecule has 0 N–H and O–H groups in total. The normalized spacial score (nSPS) is 19.2. The zero-order valence-corrected chi connectivity index (χ0v) is 15.0. The van der Waals surface area contributed by atoms with Crippen LogP contribution in [0, 0.1) is 0 Å². The van der Waals surface area contributed by atoms with Gasteiger partial charge < -0.3 is 0 Å². The van der Waals surface area contributed by atoms with Gasteiger partial charge in [0.05, 0.1) is 5.69 Å². The van der Waals surface area contributed by atoms with E-state index in [1.165, 1.54) is 6.92 Å². The molecular formula is C20H18BrNO2. The highest BCUT2D eigenvalue weighted by atomic mass is 79.9. The molecule has 1 aliphatic heterocycles. The van der Waals surface area contributed by atoms with E-state index in [1.54, 1.807) is 17.0 Å². The Hall–Kier alpha value is -2.20. The maximum absolute atomic E-state index is 13.3. The van der Waals surface area contributed by atoms with E-state index in [-0.39, 0.29) is 11.7 Å². The number of amides is 1. The molecule has 3 nitrogen and oxygen atoms in total. The number of rotatable bonds is 4. The van der Waals surface area contributed by atoms with Crippen molar-refractivity contribution >= 4 is 33.3 Å². The fourth-order valence-corrected chi connectivity index (χ4v) is 3.95. The third-order valence-electron chi connectivity index (χ3n) is 4.48. The topological polar surface area (TPSA) is 37.4 Å². The summed E-state index contributed by atoms with van der Waals surface area (Å²) in [6, 6.07) is 15.1. The third kappa shape index (κ3) is 2.51. The Morgan fingerprint density at radius 1 is 1.21 bits per heavy atom. The van der Waals surface area contributed by atoms with Gasteiger partial charge in [-0.25, -0.2) is 0 Å². The van der Waals surface area contributed by atoms with Gasteiger partial charge in [-0.2, -0.15) is 0 Å². The molecule has 3 rings (SSSR count). The molecule has 1 heterocycles. The third-order valence-corrected chi connectivity index (χ3v) is 5.25. The minimum Gasteiger partial charge on any atom is -0.298 e. The number of carbonyl (C=O) groups excluding carboxylic acids is 2. The van der Waals surface area contributed by atoms with Gasteiger partial charge in [-0.1, -0.05) is 52.3 Å². The van der Waals surface area contributed by atoms with Crippen LogP contribution in [0.15, 0.2) is 65.7 Å². The summed E-state index contributed by atoms with van der Waals surface area (Å²) >= 11 is 3.55. The van der Waals surface area contributed by atoms with E-state index >= 15 is 0 Å². The van der Waals surface area contributed by atoms with Crippen molar-refractivity contribution in [2.75, 3.05) is 4.90 Å². The average Bonchev–Trinajstić information content (AvgIpc) is 2.80. The number of anilines is 1. The van der Waals surface area contributed by atoms with Gasteiger partial charge in [-0.05, 0) is 30.2 Å². The van der Waals surface area contributed by atoms with E-state index in [2.05, 4.69) is 22.5 Å². The number of Topliss-reactive ketones (excluding diaryl/α,β-unsaturated/α-hetero) is 1. The van der Waals surface area contributed by atoms with Gasteiger partial charge in [0.25, 0.3) is 0 Å². The number of fused-ring (bicyclic) bond motifs is 1. The van der Waals surface area contributed by atoms with Crippen LogP contribution in [0.1, 0.15) is 29.3 Å². The Bertz CT molecular complexity index is 830. The summed E-state index contributed by atoms with van der Waals surface area (Å²) < 4.78 is 0.931. The van der Waals surface area contributed by atoms with Crippen LogP contribution in [-0.2, 0) is 11.2 Å². The molecule has 1 atom stereocenters. The molecule has 122 valence electrons. The van der Waals surface area contributed by atoms with Crippen molar-refractivity contribution < 1.29 is 9.59 Å². The van der Waals surface area contributed by atoms with Crippen LogP contribution in [-0.4, -0.2) is 17.2 Å². The maximum Gasteiger partial charge on any atom is 0.224 e. The molecule has 4 heteroatoms. The van der Waals surface area contributed by atoms with Crippen molar-refractivity contribution in [1.29, 1.82) is 0 Å². The van der Waals surface area contributed by atoms with Crippen molar-refractivity contribution in [3.05, 3.63) is 76.8 Å². The van der Waals surface area contributed by atoms with Crippen LogP contribution in [0.3, 0.4) is 0 Å². The van der Waals surface area contributed by atoms with E-state index in [0.29, 0.717) is 24.1 Å². The highest BCUT2D eigenvalue weighted by Crippen LogP contribution is 2.43. The van der Waals surface area contributed by atoms with Crippen LogP contribution in [0.5, 0.6) is 0 Å². The van der Waals surface area contributed by atoms with Crippen LogP contribution in [0.2, 0.25) is 0 Å². The number of carbonyl (C=O) groups is 2. The second-order valence-electron chi connectivity index (χ2n) is 5.99. The highest BCUT2D eigenvalue weighted by molar-refractivity contribution is 9.10. The summed E-state index contributed by atoms with van der Waals surface area (Å²) in [6.07, 6.45) is 2.56. The lowest BCUT2D eigenvalue weighted by molar-refractivity contribution is -0.117. The Kier molecular flexibility index (Phi) is 4.41. The molecule has 0 unspecified atom stereocenters. The summed E-state index contributed by atoms with van der Waals surface area (Å²) in [5, 5.41) is 0. The van der Waals surface area contributed by atoms with Crippen LogP contribution < -0.4 is 4.90 Å². The first-order chi connectivity index (χ1) is 11.5. The Morgan fingerprint density at radius 2 is 1.88 bits per heavy atom. The molecule has 0 aromatic heterocycles. The van der Waals surface area contributed by atoms with Crippen molar-refractivity contribution in [3.8, 4) is 0 Å². The monoisotopic (exact) mass is 383 g/mol. The first kappa shape index (κ1) is 16.7. The molecule has 24 heavy (non-hydrogen) atoms. The number of halogens is 1. The maximum atomic E-state index is 13.3. The number of nitrogens with zero attached hydrogens (tertiary/aromatic N) is 1. The van der Waals surface area contributed by atoms with Gasteiger partial charge in [0.2, 0.25) is 5.91 Å². The summed E-state index contributed by atoms with van der Waals surface area (Å²) in [5.41, 5.74) is 1.32. The second-order valence-corrected chi connectivity index (χ2v) is 6.85. The fraction of sp³-hybridized carbons (Fsp3) is 0.200. The average molecular weight is 384 g/mol. The first-order valence-corrected chi connectivity index (χ1v) is 8.59. The predicted octanol–water partition coefficient (Wildman–Crippen LogP) is 4.56. The molecule has 0 aliphatic carbocycles. The lowest BCUT2D eigenvalue weighted by Gasteiger charge is -2.36. The molecular weight excluding hydrogens is 366 g/mol. The number of benzene rings is 2. The molecule has 0 fully saturated rings. The Morgan fingerprint density at radius 3 is 2.54 bits per heavy atom. The molecule has 2 aromatic rings. The largest absolute Gasteiger partial charge is 0.298 e. The van der Waals surface area contributed by atoms with Crippen LogP contribution in [0.25, 0.3) is 0 Å². The summed E-state index contributed by atoms with van der Waals surface area (Å²) in [5.74, 6) is -0.161. The van der Waals surface area contributed by atoms with Gasteiger partial charge in [0.15, 0.2) is 5.78 Å². The zero-order chi connectivity index (χ0) is 17.3. The van der Waals surface area contributed by atoms with Gasteiger partial charge in [0, 0.05) is 23.4 Å². The quantitative estimate of drug-likeness (QED) is 0.725. The summed E-state index contributed by atoms with van der Waals surface area (Å²) in [7, 11) is 0. The van der Waals surface area contributed by atoms with Crippen LogP contribution >= 0.6 is 15.9 Å². The standard InChI is InChI=1S/C20H18BrNO2/c1-3-12-20(13-15-8-4-6-10-17(15)21)19(24)16-9-5-7-11-18(16)22(20)14(2)23/h3-11H,1,12-13H2,2H3/t20-/m1/s1. The second kappa shape index (κ2) is 6.36. The molecule has 0 spiro atoms. The van der Waals surface area contributed by atoms with Crippen molar-refractivity contribution in [3.63, 3.8) is 0 Å². The van der Waals surface area contributed by atoms with E-state index in [4.69, 9.17) is 0 Å². The van der Waals surface area contributed by atoms with Gasteiger partial charge >= 0.3 is 0 Å². The Balaban J connectivity index is 2.18. The number of ketones is 1. The van der Waals surface area contributed by atoms with Crippen LogP contribution in [0.4, 0.5) is 5.69 Å². The lowest BCUT2D eigenvalue weighted by Crippen LogP contribution is -2.54. The molecule has 2 aromatic carbocycles. The van der Waals surface area contributed by atoms with Crippen molar-refractivity contribution in [1.82, 2.24) is 0 Å². The van der Waals surface area contributed by atoms with Crippen molar-refractivity contribution in [2.45, 2.75) is 25.3 Å². The summed E-state index contributed by atoms with van der Waals surface area (Å²) in [4.78, 5) is 27.4. The summed E-state index contributed by atoms with van der Waals surface area (Å²) in [6.45, 7) is 5.33. The minimum atomic E-state index is -0.957. The minimum absolute atomic E-state index is 0.0241. The van der Waals surface area contributed by atoms with Gasteiger partial charge in [-0.3, -0.25) is 14.5 Å². The van der Waals surface area contributed by atoms with E-state index in [1.807, 2.05) is 42.5 Å². The number of hydrogen-bond donors (Lipinski definition) is 0. The van der Waals surface area contributed by atoms with E-state index in [0.717, 1.165) is 10.0 Å². The molecule has 1 aliphatic rings. The fourth-order valence-electron chi connectivity index (χ4n) is 3.53. The zero-order valence-electron chi connectivity index (χ0n) is 13.5. The lowest BCUT2D eigenvalue weighted by atomic mass is 9.82. The number of hydrogen-bond acceptors (Lipinski definition) is 2. The van der Waals surface area contributed by atoms with Crippen molar-refractivity contribution in [2.24, 2.45) is 0 Å². The van der Waals surface area contributed by atoms with Gasteiger partial charge in [-0.15, -0.1) is 6.58 Å². The smallest absolute Gasteiger partial charge is 0.224 e. The Labute approximate surface area is 150 Å². The number of para-hydroxylation sites is 1. The van der Waals surface area contributed by atoms with E-state index in [9.17, 15) is 9.59 Å². The molecule has 0 saturated carbocycles. The molecule has 1 amide bonds.